The van der Waals surface area contributed by atoms with Crippen LogP contribution in [0.2, 0.25) is 0 Å². The Kier molecular flexibility index (Phi) is 2.89. The summed E-state index contributed by atoms with van der Waals surface area (Å²) in [6.07, 6.45) is 12.3. The molecular weight excluding hydrogens is 248 g/mol. The van der Waals surface area contributed by atoms with Crippen LogP contribution in [0, 0.1) is 23.2 Å². The number of rotatable bonds is 0. The number of hydrogen-bond donors (Lipinski definition) is 2. The monoisotopic (exact) mass is 276 g/mol. The van der Waals surface area contributed by atoms with E-state index in [1.165, 1.54) is 25.7 Å². The quantitative estimate of drug-likeness (QED) is 0.666. The van der Waals surface area contributed by atoms with Crippen molar-refractivity contribution in [3.05, 3.63) is 11.6 Å². The lowest BCUT2D eigenvalue weighted by molar-refractivity contribution is -0.0781. The van der Waals surface area contributed by atoms with Crippen LogP contribution in [-0.4, -0.2) is 21.9 Å². The first kappa shape index (κ1) is 13.3. The van der Waals surface area contributed by atoms with Gasteiger partial charge >= 0.3 is 0 Å². The van der Waals surface area contributed by atoms with Crippen molar-refractivity contribution in [3.8, 4) is 0 Å². The van der Waals surface area contributed by atoms with Crippen LogP contribution in [0.25, 0.3) is 0 Å². The maximum absolute atomic E-state index is 11.0. The zero-order valence-corrected chi connectivity index (χ0v) is 12.6. The fourth-order valence-electron chi connectivity index (χ4n) is 6.09. The summed E-state index contributed by atoms with van der Waals surface area (Å²) < 4.78 is 0. The standard InChI is InChI=1S/C18H28O2/c1-17-10-7-13-12(14(17)5-6-16(17)19)8-11-18(20)9-3-2-4-15(13)18/h7,12,14-16,19-20H,2-6,8-11H2,1H3/t12-,14+,15-,16+,17+,18?/m1/s1. The highest BCUT2D eigenvalue weighted by Crippen LogP contribution is 2.60. The van der Waals surface area contributed by atoms with Crippen LogP contribution in [0.15, 0.2) is 11.6 Å². The third-order valence-corrected chi connectivity index (χ3v) is 7.34. The molecule has 4 aliphatic carbocycles. The minimum absolute atomic E-state index is 0.109. The average Bonchev–Trinajstić information content (AvgIpc) is 2.74. The molecule has 0 bridgehead atoms. The lowest BCUT2D eigenvalue weighted by Crippen LogP contribution is -2.51. The first-order valence-corrected chi connectivity index (χ1v) is 8.65. The Morgan fingerprint density at radius 2 is 1.95 bits per heavy atom. The van der Waals surface area contributed by atoms with E-state index in [0.717, 1.165) is 32.1 Å². The molecular formula is C18H28O2. The van der Waals surface area contributed by atoms with Gasteiger partial charge in [0, 0.05) is 11.3 Å². The maximum atomic E-state index is 11.0. The highest BCUT2D eigenvalue weighted by atomic mass is 16.3. The number of aliphatic hydroxyl groups is 2. The molecule has 20 heavy (non-hydrogen) atoms. The van der Waals surface area contributed by atoms with Gasteiger partial charge in [-0.15, -0.1) is 0 Å². The van der Waals surface area contributed by atoms with Crippen molar-refractivity contribution < 1.29 is 10.2 Å². The summed E-state index contributed by atoms with van der Waals surface area (Å²) in [5.41, 5.74) is 1.29. The van der Waals surface area contributed by atoms with Crippen LogP contribution in [0.1, 0.15) is 64.7 Å². The van der Waals surface area contributed by atoms with Gasteiger partial charge in [0.05, 0.1) is 11.7 Å². The van der Waals surface area contributed by atoms with Crippen molar-refractivity contribution in [1.29, 1.82) is 0 Å². The molecule has 6 atom stereocenters. The number of fused-ring (bicyclic) bond motifs is 5. The van der Waals surface area contributed by atoms with Crippen molar-refractivity contribution in [2.24, 2.45) is 23.2 Å². The second-order valence-corrected chi connectivity index (χ2v) is 8.16. The molecule has 2 N–H and O–H groups in total. The minimum atomic E-state index is -0.397. The molecule has 2 nitrogen and oxygen atoms in total. The molecule has 0 heterocycles. The van der Waals surface area contributed by atoms with E-state index < -0.39 is 5.60 Å². The van der Waals surface area contributed by atoms with Crippen molar-refractivity contribution >= 4 is 0 Å². The van der Waals surface area contributed by atoms with Gasteiger partial charge in [-0.25, -0.2) is 0 Å². The topological polar surface area (TPSA) is 40.5 Å². The SMILES string of the molecule is C[C@]12CC=C3[C@@H](CCC4(O)CCCC[C@H]34)[C@@H]1CC[C@@H]2O. The van der Waals surface area contributed by atoms with Gasteiger partial charge in [0.25, 0.3) is 0 Å². The first-order chi connectivity index (χ1) is 9.55. The fraction of sp³-hybridized carbons (Fsp3) is 0.889. The number of aliphatic hydroxyl groups excluding tert-OH is 1. The molecule has 0 aromatic carbocycles. The third kappa shape index (κ3) is 1.64. The molecule has 0 aliphatic heterocycles. The van der Waals surface area contributed by atoms with E-state index in [0.29, 0.717) is 17.8 Å². The highest BCUT2D eigenvalue weighted by Gasteiger charge is 2.56. The maximum Gasteiger partial charge on any atom is 0.0713 e. The summed E-state index contributed by atoms with van der Waals surface area (Å²) >= 11 is 0. The Morgan fingerprint density at radius 1 is 1.10 bits per heavy atom. The summed E-state index contributed by atoms with van der Waals surface area (Å²) in [6.45, 7) is 2.30. The lowest BCUT2D eigenvalue weighted by atomic mass is 9.53. The molecule has 112 valence electrons. The summed E-state index contributed by atoms with van der Waals surface area (Å²) in [4.78, 5) is 0. The van der Waals surface area contributed by atoms with Gasteiger partial charge in [0.15, 0.2) is 0 Å². The van der Waals surface area contributed by atoms with E-state index in [-0.39, 0.29) is 11.5 Å². The molecule has 2 heteroatoms. The molecule has 0 aromatic rings. The van der Waals surface area contributed by atoms with Crippen molar-refractivity contribution in [3.63, 3.8) is 0 Å². The molecule has 0 saturated heterocycles. The Balaban J connectivity index is 1.69. The predicted octanol–water partition coefficient (Wildman–Crippen LogP) is 3.43. The second kappa shape index (κ2) is 4.33. The van der Waals surface area contributed by atoms with Crippen molar-refractivity contribution in [1.82, 2.24) is 0 Å². The Labute approximate surface area is 122 Å². The van der Waals surface area contributed by atoms with Gasteiger partial charge in [-0.05, 0) is 56.8 Å². The van der Waals surface area contributed by atoms with Gasteiger partial charge in [-0.1, -0.05) is 31.4 Å². The zero-order valence-electron chi connectivity index (χ0n) is 12.6. The number of allylic oxidation sites excluding steroid dienone is 1. The molecule has 3 fully saturated rings. The predicted molar refractivity (Wildman–Crippen MR) is 79.2 cm³/mol. The molecule has 3 saturated carbocycles. The van der Waals surface area contributed by atoms with Crippen molar-refractivity contribution in [2.75, 3.05) is 0 Å². The second-order valence-electron chi connectivity index (χ2n) is 8.16. The molecule has 0 spiro atoms. The van der Waals surface area contributed by atoms with Gasteiger partial charge in [0.1, 0.15) is 0 Å². The lowest BCUT2D eigenvalue weighted by Gasteiger charge is -2.53. The first-order valence-electron chi connectivity index (χ1n) is 8.65. The summed E-state index contributed by atoms with van der Waals surface area (Å²) in [7, 11) is 0. The van der Waals surface area contributed by atoms with Gasteiger partial charge < -0.3 is 10.2 Å². The van der Waals surface area contributed by atoms with E-state index >= 15 is 0 Å². The van der Waals surface area contributed by atoms with E-state index in [1.807, 2.05) is 0 Å². The van der Waals surface area contributed by atoms with Crippen LogP contribution in [0.5, 0.6) is 0 Å². The van der Waals surface area contributed by atoms with E-state index in [1.54, 1.807) is 5.57 Å². The van der Waals surface area contributed by atoms with Crippen LogP contribution >= 0.6 is 0 Å². The Morgan fingerprint density at radius 3 is 2.80 bits per heavy atom. The van der Waals surface area contributed by atoms with E-state index in [9.17, 15) is 10.2 Å². The molecule has 1 unspecified atom stereocenters. The van der Waals surface area contributed by atoms with E-state index in [2.05, 4.69) is 13.0 Å². The van der Waals surface area contributed by atoms with Gasteiger partial charge in [-0.2, -0.15) is 0 Å². The highest BCUT2D eigenvalue weighted by molar-refractivity contribution is 5.27. The van der Waals surface area contributed by atoms with E-state index in [4.69, 9.17) is 0 Å². The third-order valence-electron chi connectivity index (χ3n) is 7.34. The molecule has 4 aliphatic rings. The largest absolute Gasteiger partial charge is 0.393 e. The zero-order chi connectivity index (χ0) is 14.0. The Bertz CT molecular complexity index is 443. The molecule has 0 amide bonds. The van der Waals surface area contributed by atoms with Crippen LogP contribution in [0.3, 0.4) is 0 Å². The molecule has 0 aromatic heterocycles. The average molecular weight is 276 g/mol. The van der Waals surface area contributed by atoms with Crippen LogP contribution in [-0.2, 0) is 0 Å². The Hall–Kier alpha value is -0.340. The van der Waals surface area contributed by atoms with Crippen LogP contribution in [0.4, 0.5) is 0 Å². The fourth-order valence-corrected chi connectivity index (χ4v) is 6.09. The summed E-state index contributed by atoms with van der Waals surface area (Å²) in [6, 6.07) is 0. The summed E-state index contributed by atoms with van der Waals surface area (Å²) in [5.74, 6) is 1.73. The molecule has 4 rings (SSSR count). The van der Waals surface area contributed by atoms with Gasteiger partial charge in [0.2, 0.25) is 0 Å². The van der Waals surface area contributed by atoms with Crippen LogP contribution < -0.4 is 0 Å². The normalized spacial score (nSPS) is 54.6. The van der Waals surface area contributed by atoms with Gasteiger partial charge in [-0.3, -0.25) is 0 Å². The molecule has 0 radical (unpaired) electrons. The smallest absolute Gasteiger partial charge is 0.0713 e. The number of hydrogen-bond acceptors (Lipinski definition) is 2. The minimum Gasteiger partial charge on any atom is -0.393 e. The van der Waals surface area contributed by atoms with Crippen molar-refractivity contribution in [2.45, 2.75) is 76.4 Å². The summed E-state index contributed by atoms with van der Waals surface area (Å²) in [5, 5.41) is 21.4.